The molecule has 2 fully saturated rings. The number of hydrogen-bond donors (Lipinski definition) is 0. The van der Waals surface area contributed by atoms with Crippen molar-refractivity contribution in [2.45, 2.75) is 45.1 Å². The monoisotopic (exact) mass is 373 g/mol. The Morgan fingerprint density at radius 2 is 2.00 bits per heavy atom. The van der Waals surface area contributed by atoms with Gasteiger partial charge in [0.15, 0.2) is 0 Å². The van der Waals surface area contributed by atoms with Crippen LogP contribution in [0.5, 0.6) is 0 Å². The van der Waals surface area contributed by atoms with Crippen LogP contribution in [-0.4, -0.2) is 78.7 Å². The van der Waals surface area contributed by atoms with Crippen molar-refractivity contribution in [1.29, 1.82) is 0 Å². The molecule has 148 valence electrons. The van der Waals surface area contributed by atoms with Gasteiger partial charge in [0.2, 0.25) is 5.91 Å². The van der Waals surface area contributed by atoms with E-state index in [2.05, 4.69) is 16.8 Å². The Bertz CT molecular complexity index is 687. The van der Waals surface area contributed by atoms with Crippen LogP contribution in [0.1, 0.15) is 49.2 Å². The number of anilines is 1. The third kappa shape index (κ3) is 4.09. The minimum atomic E-state index is 0.129. The number of carbonyl (C=O) groups is 1. The lowest BCUT2D eigenvalue weighted by molar-refractivity contribution is -0.129. The Hall–Kier alpha value is -1.73. The second-order valence-electron chi connectivity index (χ2n) is 8.08. The lowest BCUT2D eigenvalue weighted by Crippen LogP contribution is -2.38. The number of hydrogen-bond acceptors (Lipinski definition) is 6. The second-order valence-corrected chi connectivity index (χ2v) is 8.08. The molecule has 7 heteroatoms. The number of carbonyl (C=O) groups excluding carboxylic acids is 1. The van der Waals surface area contributed by atoms with Gasteiger partial charge in [-0.15, -0.1) is 0 Å². The van der Waals surface area contributed by atoms with Crippen molar-refractivity contribution < 1.29 is 9.53 Å². The summed E-state index contributed by atoms with van der Waals surface area (Å²) in [6, 6.07) is 0. The molecule has 0 saturated carbocycles. The van der Waals surface area contributed by atoms with E-state index >= 15 is 0 Å². The van der Waals surface area contributed by atoms with Crippen molar-refractivity contribution in [3.05, 3.63) is 17.1 Å². The van der Waals surface area contributed by atoms with Crippen molar-refractivity contribution in [2.24, 2.45) is 0 Å². The van der Waals surface area contributed by atoms with Gasteiger partial charge in [0.05, 0.1) is 18.8 Å². The van der Waals surface area contributed by atoms with Gasteiger partial charge in [0.1, 0.15) is 11.6 Å². The summed E-state index contributed by atoms with van der Waals surface area (Å²) in [5.41, 5.74) is 2.29. The molecule has 3 aliphatic heterocycles. The molecular formula is C20H31N5O2. The molecule has 4 rings (SSSR count). The number of ether oxygens (including phenoxy) is 1. The molecule has 0 spiro atoms. The third-order valence-electron chi connectivity index (χ3n) is 6.01. The summed E-state index contributed by atoms with van der Waals surface area (Å²) < 4.78 is 5.65. The molecular weight excluding hydrogens is 342 g/mol. The Labute approximate surface area is 161 Å². The summed E-state index contributed by atoms with van der Waals surface area (Å²) in [7, 11) is 2.18. The van der Waals surface area contributed by atoms with Crippen LogP contribution in [0.2, 0.25) is 0 Å². The van der Waals surface area contributed by atoms with E-state index in [1.807, 2.05) is 4.90 Å². The lowest BCUT2D eigenvalue weighted by atomic mass is 9.96. The van der Waals surface area contributed by atoms with E-state index in [0.717, 1.165) is 88.1 Å². The van der Waals surface area contributed by atoms with Crippen LogP contribution in [0.15, 0.2) is 0 Å². The van der Waals surface area contributed by atoms with Crippen molar-refractivity contribution in [1.82, 2.24) is 19.8 Å². The molecule has 7 nitrogen and oxygen atoms in total. The van der Waals surface area contributed by atoms with Crippen molar-refractivity contribution in [2.75, 3.05) is 57.9 Å². The lowest BCUT2D eigenvalue weighted by Gasteiger charge is -2.34. The van der Waals surface area contributed by atoms with Crippen molar-refractivity contribution in [3.8, 4) is 0 Å². The molecule has 1 amide bonds. The minimum absolute atomic E-state index is 0.129. The topological polar surface area (TPSA) is 61.8 Å². The second kappa shape index (κ2) is 8.10. The molecule has 0 unspecified atom stereocenters. The van der Waals surface area contributed by atoms with Crippen molar-refractivity contribution >= 4 is 11.7 Å². The summed E-state index contributed by atoms with van der Waals surface area (Å²) in [5, 5.41) is 0. The molecule has 0 aromatic carbocycles. The van der Waals surface area contributed by atoms with Crippen LogP contribution in [0.25, 0.3) is 0 Å². The first-order valence-electron chi connectivity index (χ1n) is 10.3. The van der Waals surface area contributed by atoms with Gasteiger partial charge >= 0.3 is 0 Å². The van der Waals surface area contributed by atoms with E-state index in [1.165, 1.54) is 6.42 Å². The molecule has 0 N–H and O–H groups in total. The summed E-state index contributed by atoms with van der Waals surface area (Å²) in [6.45, 7) is 8.57. The maximum atomic E-state index is 11.9. The number of amides is 1. The van der Waals surface area contributed by atoms with Crippen LogP contribution in [-0.2, 0) is 22.5 Å². The number of aromatic nitrogens is 2. The Morgan fingerprint density at radius 3 is 2.81 bits per heavy atom. The van der Waals surface area contributed by atoms with Crippen molar-refractivity contribution in [3.63, 3.8) is 0 Å². The number of likely N-dealkylation sites (tertiary alicyclic amines) is 1. The highest BCUT2D eigenvalue weighted by molar-refractivity contribution is 5.74. The maximum absolute atomic E-state index is 11.9. The molecule has 1 aromatic heterocycles. The van der Waals surface area contributed by atoms with Gasteiger partial charge in [0, 0.05) is 57.6 Å². The fraction of sp³-hybridized carbons (Fsp3) is 0.750. The predicted octanol–water partition coefficient (Wildman–Crippen LogP) is 1.42. The third-order valence-corrected chi connectivity index (χ3v) is 6.01. The molecule has 0 radical (unpaired) electrons. The van der Waals surface area contributed by atoms with Gasteiger partial charge in [-0.25, -0.2) is 9.97 Å². The van der Waals surface area contributed by atoms with Crippen LogP contribution < -0.4 is 4.90 Å². The fourth-order valence-electron chi connectivity index (χ4n) is 4.46. The summed E-state index contributed by atoms with van der Waals surface area (Å²) in [4.78, 5) is 28.7. The van der Waals surface area contributed by atoms with Gasteiger partial charge in [0.25, 0.3) is 0 Å². The van der Waals surface area contributed by atoms with Gasteiger partial charge in [-0.1, -0.05) is 0 Å². The molecule has 0 bridgehead atoms. The Morgan fingerprint density at radius 1 is 1.11 bits per heavy atom. The molecule has 2 saturated heterocycles. The van der Waals surface area contributed by atoms with Crippen LogP contribution in [0, 0.1) is 0 Å². The molecule has 0 aliphatic carbocycles. The maximum Gasteiger partial charge on any atom is 0.219 e. The molecule has 1 atom stereocenters. The van der Waals surface area contributed by atoms with Gasteiger partial charge in [-0.05, 0) is 32.9 Å². The van der Waals surface area contributed by atoms with E-state index in [9.17, 15) is 4.79 Å². The molecule has 3 aliphatic rings. The number of piperidine rings is 1. The number of nitrogens with zero attached hydrogens (tertiary/aromatic N) is 5. The van der Waals surface area contributed by atoms with Crippen LogP contribution in [0.4, 0.5) is 5.82 Å². The predicted molar refractivity (Wildman–Crippen MR) is 104 cm³/mol. The quantitative estimate of drug-likeness (QED) is 0.781. The van der Waals surface area contributed by atoms with Crippen LogP contribution >= 0.6 is 0 Å². The minimum Gasteiger partial charge on any atom is -0.380 e. The highest BCUT2D eigenvalue weighted by Gasteiger charge is 2.29. The average Bonchev–Trinajstić information content (AvgIpc) is 2.96. The SMILES string of the molecule is CC(=O)N1CCc2nc([C@H]3CCCN(C)C3)nc(N3CCCOCC3)c2C1. The van der Waals surface area contributed by atoms with E-state index in [0.29, 0.717) is 12.5 Å². The first kappa shape index (κ1) is 18.6. The summed E-state index contributed by atoms with van der Waals surface area (Å²) in [6.07, 6.45) is 4.19. The number of likely N-dealkylation sites (N-methyl/N-ethyl adjacent to an activating group) is 1. The zero-order valence-electron chi connectivity index (χ0n) is 16.6. The van der Waals surface area contributed by atoms with E-state index in [4.69, 9.17) is 14.7 Å². The van der Waals surface area contributed by atoms with E-state index < -0.39 is 0 Å². The molecule has 27 heavy (non-hydrogen) atoms. The summed E-state index contributed by atoms with van der Waals surface area (Å²) >= 11 is 0. The summed E-state index contributed by atoms with van der Waals surface area (Å²) in [5.74, 6) is 2.57. The average molecular weight is 374 g/mol. The first-order valence-corrected chi connectivity index (χ1v) is 10.3. The normalized spacial score (nSPS) is 24.4. The van der Waals surface area contributed by atoms with E-state index in [1.54, 1.807) is 6.92 Å². The largest absolute Gasteiger partial charge is 0.380 e. The Balaban J connectivity index is 1.71. The number of fused-ring (bicyclic) bond motifs is 1. The Kier molecular flexibility index (Phi) is 5.59. The first-order chi connectivity index (χ1) is 13.1. The number of rotatable bonds is 2. The zero-order chi connectivity index (χ0) is 18.8. The highest BCUT2D eigenvalue weighted by atomic mass is 16.5. The molecule has 4 heterocycles. The van der Waals surface area contributed by atoms with Crippen LogP contribution in [0.3, 0.4) is 0 Å². The van der Waals surface area contributed by atoms with Gasteiger partial charge in [-0.2, -0.15) is 0 Å². The smallest absolute Gasteiger partial charge is 0.219 e. The van der Waals surface area contributed by atoms with Gasteiger partial charge < -0.3 is 19.4 Å². The highest BCUT2D eigenvalue weighted by Crippen LogP contribution is 2.31. The fourth-order valence-corrected chi connectivity index (χ4v) is 4.46. The van der Waals surface area contributed by atoms with E-state index in [-0.39, 0.29) is 5.91 Å². The van der Waals surface area contributed by atoms with Gasteiger partial charge in [-0.3, -0.25) is 4.79 Å². The molecule has 1 aromatic rings. The standard InChI is InChI=1S/C20H31N5O2/c1-15(26)25-9-6-18-17(14-25)20(24-8-4-11-27-12-10-24)22-19(21-18)16-5-3-7-23(2)13-16/h16H,3-14H2,1-2H3/t16-/m0/s1. The zero-order valence-corrected chi connectivity index (χ0v) is 16.6.